The van der Waals surface area contributed by atoms with Gasteiger partial charge < -0.3 is 10.5 Å². The van der Waals surface area contributed by atoms with Crippen LogP contribution in [-0.2, 0) is 9.53 Å². The Morgan fingerprint density at radius 3 is 2.18 bits per heavy atom. The van der Waals surface area contributed by atoms with Gasteiger partial charge in [0.1, 0.15) is 11.6 Å². The fraction of sp³-hybridized carbons (Fsp3) is 0.833. The van der Waals surface area contributed by atoms with E-state index in [0.717, 1.165) is 19.3 Å². The molecule has 1 rings (SSSR count). The number of likely N-dealkylation sites (N-methyl/N-ethyl adjacent to an activating group) is 1. The Morgan fingerprint density at radius 1 is 1.35 bits per heavy atom. The average Bonchev–Trinajstić information content (AvgIpc) is 2.06. The van der Waals surface area contributed by atoms with Crippen LogP contribution in [0.15, 0.2) is 0 Å². The maximum atomic E-state index is 11.8. The van der Waals surface area contributed by atoms with E-state index in [1.807, 2.05) is 0 Å². The summed E-state index contributed by atoms with van der Waals surface area (Å²) in [5.41, 5.74) is 4.80. The summed E-state index contributed by atoms with van der Waals surface area (Å²) < 4.78 is 5.23. The molecular weight excluding hydrogens is 220 g/mol. The van der Waals surface area contributed by atoms with E-state index in [0.29, 0.717) is 0 Å². The van der Waals surface area contributed by atoms with Crippen LogP contribution < -0.4 is 5.73 Å². The molecule has 0 bridgehead atoms. The van der Waals surface area contributed by atoms with E-state index in [1.165, 1.54) is 4.90 Å². The molecule has 0 spiro atoms. The van der Waals surface area contributed by atoms with Crippen molar-refractivity contribution in [2.45, 2.75) is 51.7 Å². The van der Waals surface area contributed by atoms with Gasteiger partial charge in [0.2, 0.25) is 5.91 Å². The van der Waals surface area contributed by atoms with Gasteiger partial charge in [-0.1, -0.05) is 6.42 Å². The molecule has 1 saturated carbocycles. The number of nitrogens with two attached hydrogens (primary N) is 1. The zero-order chi connectivity index (χ0) is 13.2. The predicted molar refractivity (Wildman–Crippen MR) is 64.3 cm³/mol. The van der Waals surface area contributed by atoms with Crippen LogP contribution in [0.5, 0.6) is 0 Å². The van der Waals surface area contributed by atoms with Crippen molar-refractivity contribution in [2.75, 3.05) is 7.05 Å². The quantitative estimate of drug-likeness (QED) is 0.815. The molecule has 0 heterocycles. The largest absolute Gasteiger partial charge is 0.444 e. The topological polar surface area (TPSA) is 72.6 Å². The van der Waals surface area contributed by atoms with E-state index in [4.69, 9.17) is 10.5 Å². The number of ether oxygens (including phenoxy) is 1. The number of amides is 2. The molecular formula is C12H22N2O3. The minimum atomic E-state index is -0.562. The highest BCUT2D eigenvalue weighted by Gasteiger charge is 2.37. The van der Waals surface area contributed by atoms with E-state index >= 15 is 0 Å². The van der Waals surface area contributed by atoms with Crippen molar-refractivity contribution in [1.29, 1.82) is 0 Å². The number of hydrogen-bond donors (Lipinski definition) is 1. The first kappa shape index (κ1) is 13.8. The molecule has 1 atom stereocenters. The Labute approximate surface area is 102 Å². The number of rotatable bonds is 3. The molecule has 1 unspecified atom stereocenters. The molecule has 1 aliphatic carbocycles. The first-order chi connectivity index (χ1) is 7.72. The van der Waals surface area contributed by atoms with Gasteiger partial charge in [0, 0.05) is 7.05 Å². The monoisotopic (exact) mass is 242 g/mol. The summed E-state index contributed by atoms with van der Waals surface area (Å²) in [6.07, 6.45) is 2.49. The van der Waals surface area contributed by atoms with Crippen LogP contribution in [0.1, 0.15) is 40.0 Å². The Bertz CT molecular complexity index is 305. The highest BCUT2D eigenvalue weighted by Crippen LogP contribution is 2.32. The fourth-order valence-corrected chi connectivity index (χ4v) is 1.94. The molecule has 5 nitrogen and oxygen atoms in total. The zero-order valence-electron chi connectivity index (χ0n) is 11.0. The summed E-state index contributed by atoms with van der Waals surface area (Å²) in [6.45, 7) is 5.38. The molecule has 1 fully saturated rings. The van der Waals surface area contributed by atoms with Gasteiger partial charge in [0.05, 0.1) is 0 Å². The van der Waals surface area contributed by atoms with Crippen molar-refractivity contribution in [3.8, 4) is 0 Å². The summed E-state index contributed by atoms with van der Waals surface area (Å²) in [4.78, 5) is 24.6. The van der Waals surface area contributed by atoms with Gasteiger partial charge in [-0.25, -0.2) is 4.79 Å². The highest BCUT2D eigenvalue weighted by atomic mass is 16.6. The smallest absolute Gasteiger partial charge is 0.410 e. The van der Waals surface area contributed by atoms with Crippen molar-refractivity contribution in [3.63, 3.8) is 0 Å². The second-order valence-electron chi connectivity index (χ2n) is 5.63. The molecule has 0 aromatic rings. The van der Waals surface area contributed by atoms with Gasteiger partial charge in [-0.05, 0) is 39.5 Å². The molecule has 0 aliphatic heterocycles. The molecule has 1 aliphatic rings. The molecule has 2 N–H and O–H groups in total. The van der Waals surface area contributed by atoms with Crippen LogP contribution in [0.4, 0.5) is 4.79 Å². The third kappa shape index (κ3) is 3.61. The molecule has 5 heteroatoms. The van der Waals surface area contributed by atoms with Crippen molar-refractivity contribution < 1.29 is 14.3 Å². The molecule has 17 heavy (non-hydrogen) atoms. The molecule has 98 valence electrons. The normalized spacial score (nSPS) is 18.1. The lowest BCUT2D eigenvalue weighted by Gasteiger charge is -2.37. The standard InChI is InChI=1S/C12H22N2O3/c1-12(2,3)17-11(16)14(4)9(10(13)15)8-6-5-7-8/h8-9H,5-7H2,1-4H3,(H2,13,15). The van der Waals surface area contributed by atoms with Crippen molar-refractivity contribution >= 4 is 12.0 Å². The minimum absolute atomic E-state index is 0.185. The summed E-state index contributed by atoms with van der Waals surface area (Å²) in [7, 11) is 1.57. The van der Waals surface area contributed by atoms with E-state index < -0.39 is 23.6 Å². The van der Waals surface area contributed by atoms with E-state index in [9.17, 15) is 9.59 Å². The Hall–Kier alpha value is -1.26. The van der Waals surface area contributed by atoms with Crippen LogP contribution in [0.2, 0.25) is 0 Å². The lowest BCUT2D eigenvalue weighted by atomic mass is 9.79. The SMILES string of the molecule is CN(C(=O)OC(C)(C)C)C(C(N)=O)C1CCC1. The van der Waals surface area contributed by atoms with E-state index in [2.05, 4.69) is 0 Å². The Kier molecular flexibility index (Phi) is 4.01. The number of carbonyl (C=O) groups is 2. The van der Waals surface area contributed by atoms with E-state index in [-0.39, 0.29) is 5.92 Å². The van der Waals surface area contributed by atoms with Gasteiger partial charge in [-0.2, -0.15) is 0 Å². The zero-order valence-corrected chi connectivity index (χ0v) is 11.0. The van der Waals surface area contributed by atoms with Crippen LogP contribution >= 0.6 is 0 Å². The van der Waals surface area contributed by atoms with Crippen molar-refractivity contribution in [1.82, 2.24) is 4.90 Å². The number of nitrogens with zero attached hydrogens (tertiary/aromatic N) is 1. The Morgan fingerprint density at radius 2 is 1.88 bits per heavy atom. The van der Waals surface area contributed by atoms with Crippen LogP contribution in [-0.4, -0.2) is 35.6 Å². The highest BCUT2D eigenvalue weighted by molar-refractivity contribution is 5.84. The second kappa shape index (κ2) is 4.94. The van der Waals surface area contributed by atoms with E-state index in [1.54, 1.807) is 27.8 Å². The molecule has 2 amide bonds. The van der Waals surface area contributed by atoms with Gasteiger partial charge in [0.25, 0.3) is 0 Å². The predicted octanol–water partition coefficient (Wildman–Crippen LogP) is 1.51. The second-order valence-corrected chi connectivity index (χ2v) is 5.63. The first-order valence-corrected chi connectivity index (χ1v) is 5.97. The van der Waals surface area contributed by atoms with Crippen LogP contribution in [0, 0.1) is 5.92 Å². The van der Waals surface area contributed by atoms with Crippen LogP contribution in [0.25, 0.3) is 0 Å². The Balaban J connectivity index is 2.67. The summed E-state index contributed by atoms with van der Waals surface area (Å²) >= 11 is 0. The van der Waals surface area contributed by atoms with Gasteiger partial charge in [-0.3, -0.25) is 9.69 Å². The fourth-order valence-electron chi connectivity index (χ4n) is 1.94. The summed E-state index contributed by atoms with van der Waals surface area (Å²) in [5.74, 6) is -0.270. The van der Waals surface area contributed by atoms with Crippen LogP contribution in [0.3, 0.4) is 0 Å². The van der Waals surface area contributed by atoms with Gasteiger partial charge in [0.15, 0.2) is 0 Å². The summed E-state index contributed by atoms with van der Waals surface area (Å²) in [6, 6.07) is -0.543. The lowest BCUT2D eigenvalue weighted by molar-refractivity contribution is -0.125. The first-order valence-electron chi connectivity index (χ1n) is 5.97. The summed E-state index contributed by atoms with van der Waals surface area (Å²) in [5, 5.41) is 0. The number of primary amides is 1. The molecule has 0 saturated heterocycles. The third-order valence-electron chi connectivity index (χ3n) is 2.99. The van der Waals surface area contributed by atoms with Crippen molar-refractivity contribution in [3.05, 3.63) is 0 Å². The lowest BCUT2D eigenvalue weighted by Crippen LogP contribution is -2.52. The average molecular weight is 242 g/mol. The number of carbonyl (C=O) groups excluding carboxylic acids is 2. The third-order valence-corrected chi connectivity index (χ3v) is 2.99. The number of hydrogen-bond acceptors (Lipinski definition) is 3. The molecule has 0 radical (unpaired) electrons. The molecule has 0 aromatic heterocycles. The van der Waals surface area contributed by atoms with Gasteiger partial charge in [-0.15, -0.1) is 0 Å². The van der Waals surface area contributed by atoms with Crippen molar-refractivity contribution in [2.24, 2.45) is 11.7 Å². The minimum Gasteiger partial charge on any atom is -0.444 e. The maximum Gasteiger partial charge on any atom is 0.410 e. The maximum absolute atomic E-state index is 11.8. The molecule has 0 aromatic carbocycles. The van der Waals surface area contributed by atoms with Gasteiger partial charge >= 0.3 is 6.09 Å².